The van der Waals surface area contributed by atoms with Gasteiger partial charge in [0, 0.05) is 48.1 Å². The van der Waals surface area contributed by atoms with Crippen molar-refractivity contribution in [1.82, 2.24) is 0 Å². The van der Waals surface area contributed by atoms with E-state index in [1.807, 2.05) is 0 Å². The molecule has 0 saturated heterocycles. The van der Waals surface area contributed by atoms with Crippen molar-refractivity contribution in [1.29, 1.82) is 0 Å². The van der Waals surface area contributed by atoms with Gasteiger partial charge < -0.3 is 20.4 Å². The number of halogens is 4. The van der Waals surface area contributed by atoms with Gasteiger partial charge in [0.2, 0.25) is 0 Å². The molecule has 0 aliphatic carbocycles. The molecule has 0 aromatic rings. The number of unbranched alkanes of at least 4 members (excludes halogenated alkanes) is 4. The van der Waals surface area contributed by atoms with E-state index in [4.69, 9.17) is 57.6 Å². The molecule has 0 radical (unpaired) electrons. The largest absolute Gasteiger partial charge is 0 e. The molecule has 4 nitrogen and oxygen atoms in total. The molecule has 0 saturated carbocycles. The predicted molar refractivity (Wildman–Crippen MR) is 111 cm³/mol. The van der Waals surface area contributed by atoms with Crippen LogP contribution >= 0.6 is 37.2 Å². The maximum Gasteiger partial charge on any atom is 0 e. The van der Waals surface area contributed by atoms with Crippen molar-refractivity contribution in [2.45, 2.75) is 79.1 Å². The Hall–Kier alpha value is 2.43. The normalized spacial score (nSPS) is 8.77. The van der Waals surface area contributed by atoms with Crippen LogP contribution in [-0.4, -0.2) is 46.9 Å². The Morgan fingerprint density at radius 2 is 0.615 bits per heavy atom. The van der Waals surface area contributed by atoms with Crippen LogP contribution in [0.5, 0.6) is 0 Å². The summed E-state index contributed by atoms with van der Waals surface area (Å²) >= 11 is -3.11. The molecule has 0 rings (SSSR count). The Balaban J connectivity index is -0.0000000476. The van der Waals surface area contributed by atoms with Crippen LogP contribution in [-0.2, 0) is 34.1 Å². The van der Waals surface area contributed by atoms with E-state index in [1.54, 1.807) is 0 Å². The zero-order chi connectivity index (χ0) is 21.0. The minimum absolute atomic E-state index is 0. The van der Waals surface area contributed by atoms with Crippen molar-refractivity contribution in [3.63, 3.8) is 0 Å². The molecule has 26 heavy (non-hydrogen) atoms. The van der Waals surface area contributed by atoms with Gasteiger partial charge in [0.25, 0.3) is 0 Å². The summed E-state index contributed by atoms with van der Waals surface area (Å²) in [6.45, 7) is 9.58. The van der Waals surface area contributed by atoms with Crippen molar-refractivity contribution < 1.29 is 54.5 Å². The first-order chi connectivity index (χ1) is 11.7. The molecule has 0 amide bonds. The Morgan fingerprint density at radius 3 is 0.615 bits per heavy atom. The number of aliphatic hydroxyl groups is 4. The fraction of sp³-hybridized carbons (Fsp3) is 1.00. The first-order valence-electron chi connectivity index (χ1n) is 8.85. The first-order valence-corrected chi connectivity index (χ1v) is 17.4. The number of hydrogen-bond acceptors (Lipinski definition) is 4. The van der Waals surface area contributed by atoms with Gasteiger partial charge in [-0.1, -0.05) is 53.4 Å². The monoisotopic (exact) mass is 532 g/mol. The summed E-state index contributed by atoms with van der Waals surface area (Å²) < 4.78 is 0. The van der Waals surface area contributed by atoms with E-state index >= 15 is 0 Å². The molecule has 0 atom stereocenters. The standard InChI is InChI=1S/4C4H10O.4ClH.2Ti/c4*1-2-3-4-5;;;;;;/h4*5H,2-4H2,1H3;4*1H;;/q;;;;;;;;;+4/p-4. The third-order valence-electron chi connectivity index (χ3n) is 2.05. The van der Waals surface area contributed by atoms with Crippen LogP contribution in [0.15, 0.2) is 0 Å². The van der Waals surface area contributed by atoms with Crippen LogP contribution in [0.1, 0.15) is 79.1 Å². The van der Waals surface area contributed by atoms with E-state index in [-0.39, 0.29) is 21.7 Å². The quantitative estimate of drug-likeness (QED) is 0.294. The fourth-order valence-corrected chi connectivity index (χ4v) is 0.632. The van der Waals surface area contributed by atoms with Gasteiger partial charge >= 0.3 is 49.6 Å². The van der Waals surface area contributed by atoms with Gasteiger partial charge in [-0.25, -0.2) is 0 Å². The molecule has 0 aliphatic heterocycles. The molecule has 4 N–H and O–H groups in total. The van der Waals surface area contributed by atoms with Crippen molar-refractivity contribution >= 4 is 37.2 Å². The SMILES string of the molecule is CCCCO.CCCCO.CCCCO.CCCCO.[Cl][Ti]([Cl])([Cl])[Cl].[Ti]. The Labute approximate surface area is 195 Å². The molecular formula is C16H40Cl4O4Ti2. The van der Waals surface area contributed by atoms with Crippen molar-refractivity contribution in [2.24, 2.45) is 0 Å². The zero-order valence-corrected chi connectivity index (χ0v) is 22.9. The van der Waals surface area contributed by atoms with E-state index in [1.165, 1.54) is 0 Å². The van der Waals surface area contributed by atoms with Gasteiger partial charge in [-0.15, -0.1) is 0 Å². The van der Waals surface area contributed by atoms with Gasteiger partial charge in [-0.05, 0) is 25.7 Å². The summed E-state index contributed by atoms with van der Waals surface area (Å²) in [4.78, 5) is 0. The summed E-state index contributed by atoms with van der Waals surface area (Å²) in [7, 11) is 20.1. The van der Waals surface area contributed by atoms with Crippen LogP contribution in [0.4, 0.5) is 0 Å². The number of rotatable bonds is 8. The summed E-state index contributed by atoms with van der Waals surface area (Å²) in [5.41, 5.74) is 0. The first kappa shape index (κ1) is 42.5. The second kappa shape index (κ2) is 45.9. The molecule has 0 bridgehead atoms. The molecule has 0 heterocycles. The fourth-order valence-electron chi connectivity index (χ4n) is 0.632. The van der Waals surface area contributed by atoms with E-state index in [0.717, 1.165) is 51.4 Å². The van der Waals surface area contributed by atoms with Crippen molar-refractivity contribution in [3.05, 3.63) is 0 Å². The molecule has 0 spiro atoms. The molecule has 0 aromatic carbocycles. The summed E-state index contributed by atoms with van der Waals surface area (Å²) in [5.74, 6) is 0. The molecule has 0 aromatic heterocycles. The van der Waals surface area contributed by atoms with E-state index in [9.17, 15) is 0 Å². The van der Waals surface area contributed by atoms with Crippen molar-refractivity contribution in [2.75, 3.05) is 26.4 Å². The molecule has 10 heteroatoms. The van der Waals surface area contributed by atoms with E-state index < -0.39 is 12.3 Å². The topological polar surface area (TPSA) is 80.9 Å². The van der Waals surface area contributed by atoms with E-state index in [0.29, 0.717) is 26.4 Å². The Bertz CT molecular complexity index is 143. The van der Waals surface area contributed by atoms with E-state index in [2.05, 4.69) is 27.7 Å². The minimum atomic E-state index is -3.11. The number of aliphatic hydroxyl groups excluding tert-OH is 4. The molecule has 0 fully saturated rings. The van der Waals surface area contributed by atoms with Gasteiger partial charge in [0.05, 0.1) is 0 Å². The maximum absolute atomic E-state index is 8.07. The minimum Gasteiger partial charge on any atom is 0 e. The third-order valence-corrected chi connectivity index (χ3v) is 2.05. The molecule has 0 aliphatic rings. The second-order valence-corrected chi connectivity index (χ2v) is 20.2. The van der Waals surface area contributed by atoms with Crippen LogP contribution in [0.25, 0.3) is 0 Å². The summed E-state index contributed by atoms with van der Waals surface area (Å²) in [6.07, 6.45) is 8.15. The average Bonchev–Trinajstić information content (AvgIpc) is 2.51. The van der Waals surface area contributed by atoms with Gasteiger partial charge in [-0.3, -0.25) is 0 Å². The molecular weight excluding hydrogens is 494 g/mol. The maximum atomic E-state index is 8.07. The van der Waals surface area contributed by atoms with Crippen LogP contribution in [0.3, 0.4) is 0 Å². The van der Waals surface area contributed by atoms with Gasteiger partial charge in [-0.2, -0.15) is 0 Å². The number of hydrogen-bond donors (Lipinski definition) is 4. The second-order valence-electron chi connectivity index (χ2n) is 4.74. The zero-order valence-electron chi connectivity index (χ0n) is 16.8. The Kier molecular flexibility index (Phi) is 75.1. The van der Waals surface area contributed by atoms with Crippen LogP contribution in [0, 0.1) is 0 Å². The van der Waals surface area contributed by atoms with Crippen LogP contribution in [0.2, 0.25) is 0 Å². The summed E-state index contributed by atoms with van der Waals surface area (Å²) in [5, 5.41) is 32.3. The summed E-state index contributed by atoms with van der Waals surface area (Å²) in [6, 6.07) is 0. The average molecular weight is 534 g/mol. The predicted octanol–water partition coefficient (Wildman–Crippen LogP) is 5.87. The smallest absolute Gasteiger partial charge is 0 e. The Morgan fingerprint density at radius 1 is 0.500 bits per heavy atom. The van der Waals surface area contributed by atoms with Gasteiger partial charge in [0.1, 0.15) is 0 Å². The van der Waals surface area contributed by atoms with Crippen molar-refractivity contribution in [3.8, 4) is 0 Å². The molecule has 0 unspecified atom stereocenters. The molecule has 164 valence electrons. The third kappa shape index (κ3) is 157. The van der Waals surface area contributed by atoms with Crippen LogP contribution < -0.4 is 0 Å². The van der Waals surface area contributed by atoms with Gasteiger partial charge in [0.15, 0.2) is 0 Å².